The third-order valence-electron chi connectivity index (χ3n) is 2.57. The molecule has 98 valence electrons. The van der Waals surface area contributed by atoms with E-state index in [1.54, 1.807) is 14.2 Å². The van der Waals surface area contributed by atoms with Gasteiger partial charge in [-0.05, 0) is 30.5 Å². The van der Waals surface area contributed by atoms with Crippen molar-refractivity contribution >= 4 is 15.9 Å². The van der Waals surface area contributed by atoms with Gasteiger partial charge in [-0.3, -0.25) is 0 Å². The van der Waals surface area contributed by atoms with Crippen molar-refractivity contribution in [1.29, 1.82) is 0 Å². The quantitative estimate of drug-likeness (QED) is 0.759. The Morgan fingerprint density at radius 1 is 1.06 bits per heavy atom. The molecular formula is C15H19BrO2. The monoisotopic (exact) mass is 310 g/mol. The van der Waals surface area contributed by atoms with Crippen molar-refractivity contribution in [2.24, 2.45) is 0 Å². The first-order valence-electron chi connectivity index (χ1n) is 6.09. The van der Waals surface area contributed by atoms with E-state index in [0.717, 1.165) is 41.7 Å². The van der Waals surface area contributed by atoms with Crippen molar-refractivity contribution in [3.8, 4) is 23.3 Å². The van der Waals surface area contributed by atoms with Crippen molar-refractivity contribution in [2.45, 2.75) is 32.6 Å². The highest BCUT2D eigenvalue weighted by atomic mass is 79.9. The van der Waals surface area contributed by atoms with Crippen LogP contribution in [0.15, 0.2) is 16.6 Å². The van der Waals surface area contributed by atoms with E-state index < -0.39 is 0 Å². The highest BCUT2D eigenvalue weighted by Gasteiger charge is 2.08. The van der Waals surface area contributed by atoms with Crippen LogP contribution in [0.5, 0.6) is 11.5 Å². The van der Waals surface area contributed by atoms with E-state index in [-0.39, 0.29) is 0 Å². The molecule has 0 amide bonds. The molecule has 0 saturated carbocycles. The molecule has 1 rings (SSSR count). The Morgan fingerprint density at radius 3 is 2.28 bits per heavy atom. The highest BCUT2D eigenvalue weighted by Crippen LogP contribution is 2.33. The average molecular weight is 311 g/mol. The summed E-state index contributed by atoms with van der Waals surface area (Å²) in [6, 6.07) is 3.94. The van der Waals surface area contributed by atoms with Gasteiger partial charge in [-0.25, -0.2) is 0 Å². The molecule has 0 saturated heterocycles. The summed E-state index contributed by atoms with van der Waals surface area (Å²) in [5, 5.41) is 0. The number of hydrogen-bond donors (Lipinski definition) is 0. The van der Waals surface area contributed by atoms with Gasteiger partial charge in [0.05, 0.1) is 14.2 Å². The maximum Gasteiger partial charge on any atom is 0.161 e. The number of rotatable bonds is 5. The van der Waals surface area contributed by atoms with Crippen LogP contribution >= 0.6 is 15.9 Å². The van der Waals surface area contributed by atoms with Crippen LogP contribution in [0.25, 0.3) is 0 Å². The summed E-state index contributed by atoms with van der Waals surface area (Å²) < 4.78 is 11.6. The molecule has 0 N–H and O–H groups in total. The lowest BCUT2D eigenvalue weighted by Crippen LogP contribution is -1.94. The van der Waals surface area contributed by atoms with Crippen LogP contribution in [0.1, 0.15) is 31.7 Å². The summed E-state index contributed by atoms with van der Waals surface area (Å²) in [7, 11) is 3.29. The van der Waals surface area contributed by atoms with Crippen molar-refractivity contribution in [3.05, 3.63) is 22.2 Å². The molecule has 0 heterocycles. The fraction of sp³-hybridized carbons (Fsp3) is 0.467. The summed E-state index contributed by atoms with van der Waals surface area (Å²) in [5.41, 5.74) is 1.19. The van der Waals surface area contributed by atoms with E-state index in [4.69, 9.17) is 9.47 Å². The van der Waals surface area contributed by atoms with E-state index in [1.807, 2.05) is 12.1 Å². The van der Waals surface area contributed by atoms with E-state index in [2.05, 4.69) is 34.7 Å². The summed E-state index contributed by atoms with van der Waals surface area (Å²) >= 11 is 3.55. The minimum Gasteiger partial charge on any atom is -0.493 e. The molecule has 18 heavy (non-hydrogen) atoms. The van der Waals surface area contributed by atoms with E-state index in [9.17, 15) is 0 Å². The molecule has 1 aromatic carbocycles. The Bertz CT molecular complexity index is 444. The maximum absolute atomic E-state index is 5.29. The number of unbranched alkanes of at least 4 members (excludes halogenated alkanes) is 1. The first-order chi connectivity index (χ1) is 8.72. The molecule has 0 aromatic heterocycles. The third-order valence-corrected chi connectivity index (χ3v) is 3.31. The van der Waals surface area contributed by atoms with Crippen molar-refractivity contribution < 1.29 is 9.47 Å². The lowest BCUT2D eigenvalue weighted by molar-refractivity contribution is 0.354. The van der Waals surface area contributed by atoms with Crippen molar-refractivity contribution in [3.63, 3.8) is 0 Å². The summed E-state index contributed by atoms with van der Waals surface area (Å²) in [6.45, 7) is 2.14. The minimum atomic E-state index is 0.741. The summed E-state index contributed by atoms with van der Waals surface area (Å²) in [5.74, 6) is 7.84. The molecule has 0 atom stereocenters. The summed E-state index contributed by atoms with van der Waals surface area (Å²) in [6.07, 6.45) is 3.88. The second-order valence-electron chi connectivity index (χ2n) is 3.90. The van der Waals surface area contributed by atoms with Crippen LogP contribution in [-0.2, 0) is 6.42 Å². The second kappa shape index (κ2) is 8.05. The van der Waals surface area contributed by atoms with Gasteiger partial charge in [0.1, 0.15) is 0 Å². The SMILES string of the molecule is CCCC#CCCc1cc(OC)c(OC)cc1Br. The maximum atomic E-state index is 5.29. The molecule has 0 bridgehead atoms. The van der Waals surface area contributed by atoms with Gasteiger partial charge in [-0.1, -0.05) is 22.9 Å². The van der Waals surface area contributed by atoms with Gasteiger partial charge >= 0.3 is 0 Å². The van der Waals surface area contributed by atoms with Crippen LogP contribution in [0, 0.1) is 11.8 Å². The zero-order valence-corrected chi connectivity index (χ0v) is 12.8. The summed E-state index contributed by atoms with van der Waals surface area (Å²) in [4.78, 5) is 0. The largest absolute Gasteiger partial charge is 0.493 e. The first kappa shape index (κ1) is 14.9. The molecule has 0 spiro atoms. The Labute approximate surface area is 118 Å². The van der Waals surface area contributed by atoms with Gasteiger partial charge in [0.15, 0.2) is 11.5 Å². The lowest BCUT2D eigenvalue weighted by atomic mass is 10.1. The van der Waals surface area contributed by atoms with E-state index in [0.29, 0.717) is 0 Å². The topological polar surface area (TPSA) is 18.5 Å². The second-order valence-corrected chi connectivity index (χ2v) is 4.76. The molecule has 0 aliphatic carbocycles. The first-order valence-corrected chi connectivity index (χ1v) is 6.88. The molecule has 2 nitrogen and oxygen atoms in total. The Morgan fingerprint density at radius 2 is 1.67 bits per heavy atom. The van der Waals surface area contributed by atoms with Crippen LogP contribution in [0.4, 0.5) is 0 Å². The zero-order valence-electron chi connectivity index (χ0n) is 11.2. The normalized spacial score (nSPS) is 9.56. The predicted molar refractivity (Wildman–Crippen MR) is 78.3 cm³/mol. The zero-order chi connectivity index (χ0) is 13.4. The van der Waals surface area contributed by atoms with Gasteiger partial charge in [0, 0.05) is 17.3 Å². The molecule has 1 aromatic rings. The number of aryl methyl sites for hydroxylation is 1. The molecule has 0 fully saturated rings. The van der Waals surface area contributed by atoms with Gasteiger partial charge in [-0.2, -0.15) is 0 Å². The standard InChI is InChI=1S/C15H19BrO2/c1-4-5-6-7-8-9-12-10-14(17-2)15(18-3)11-13(12)16/h10-11H,4-5,8-9H2,1-3H3. The number of ether oxygens (including phenoxy) is 2. The van der Waals surface area contributed by atoms with Gasteiger partial charge in [0.25, 0.3) is 0 Å². The smallest absolute Gasteiger partial charge is 0.161 e. The van der Waals surface area contributed by atoms with E-state index in [1.165, 1.54) is 5.56 Å². The lowest BCUT2D eigenvalue weighted by Gasteiger charge is -2.11. The number of halogens is 1. The van der Waals surface area contributed by atoms with Crippen LogP contribution < -0.4 is 9.47 Å². The molecule has 0 aliphatic rings. The molecular weight excluding hydrogens is 292 g/mol. The van der Waals surface area contributed by atoms with Crippen molar-refractivity contribution in [2.75, 3.05) is 14.2 Å². The Balaban J connectivity index is 2.74. The minimum absolute atomic E-state index is 0.741. The van der Waals surface area contributed by atoms with Gasteiger partial charge < -0.3 is 9.47 Å². The Hall–Kier alpha value is -1.14. The Kier molecular flexibility index (Phi) is 6.67. The average Bonchev–Trinajstić information content (AvgIpc) is 2.39. The molecule has 0 unspecified atom stereocenters. The number of hydrogen-bond acceptors (Lipinski definition) is 2. The van der Waals surface area contributed by atoms with Crippen molar-refractivity contribution in [1.82, 2.24) is 0 Å². The highest BCUT2D eigenvalue weighted by molar-refractivity contribution is 9.10. The van der Waals surface area contributed by atoms with Crippen LogP contribution in [0.3, 0.4) is 0 Å². The number of benzene rings is 1. The molecule has 0 radical (unpaired) electrons. The van der Waals surface area contributed by atoms with Crippen LogP contribution in [-0.4, -0.2) is 14.2 Å². The van der Waals surface area contributed by atoms with Gasteiger partial charge in [-0.15, -0.1) is 11.8 Å². The van der Waals surface area contributed by atoms with Gasteiger partial charge in [0.2, 0.25) is 0 Å². The van der Waals surface area contributed by atoms with E-state index >= 15 is 0 Å². The molecule has 3 heteroatoms. The fourth-order valence-electron chi connectivity index (χ4n) is 1.59. The predicted octanol–water partition coefficient (Wildman–Crippen LogP) is 4.20. The fourth-order valence-corrected chi connectivity index (χ4v) is 2.11. The molecule has 0 aliphatic heterocycles. The third kappa shape index (κ3) is 4.27. The number of methoxy groups -OCH3 is 2. The van der Waals surface area contributed by atoms with Crippen LogP contribution in [0.2, 0.25) is 0 Å².